The summed E-state index contributed by atoms with van der Waals surface area (Å²) in [6, 6.07) is 0.873. The minimum absolute atomic E-state index is 0.207. The van der Waals surface area contributed by atoms with Crippen molar-refractivity contribution >= 4 is 5.91 Å². The quantitative estimate of drug-likeness (QED) is 0.768. The third-order valence-electron chi connectivity index (χ3n) is 3.35. The average molecular weight is 212 g/mol. The number of hydrogen-bond acceptors (Lipinski definition) is 2. The molecular weight excluding hydrogens is 188 g/mol. The molecule has 0 bridgehead atoms. The first kappa shape index (κ1) is 12.5. The molecular formula is C12H24N2O. The van der Waals surface area contributed by atoms with Crippen LogP contribution in [0.1, 0.15) is 40.5 Å². The first-order valence-electron chi connectivity index (χ1n) is 5.81. The van der Waals surface area contributed by atoms with Gasteiger partial charge in [0.2, 0.25) is 5.91 Å². The van der Waals surface area contributed by atoms with Crippen molar-refractivity contribution in [1.82, 2.24) is 10.2 Å². The Labute approximate surface area is 93.2 Å². The van der Waals surface area contributed by atoms with E-state index in [0.29, 0.717) is 18.6 Å². The van der Waals surface area contributed by atoms with Crippen LogP contribution in [0.4, 0.5) is 0 Å². The molecule has 0 saturated heterocycles. The van der Waals surface area contributed by atoms with E-state index in [0.717, 1.165) is 0 Å². The molecule has 0 aromatic heterocycles. The number of nitrogens with zero attached hydrogens (tertiary/aromatic N) is 1. The Morgan fingerprint density at radius 3 is 2.40 bits per heavy atom. The minimum Gasteiger partial charge on any atom is -0.342 e. The Hall–Kier alpha value is -0.570. The lowest BCUT2D eigenvalue weighted by Gasteiger charge is -2.28. The third kappa shape index (κ3) is 3.82. The van der Waals surface area contributed by atoms with E-state index in [4.69, 9.17) is 0 Å². The molecule has 1 N–H and O–H groups in total. The Kier molecular flexibility index (Phi) is 3.77. The highest BCUT2D eigenvalue weighted by Crippen LogP contribution is 2.25. The summed E-state index contributed by atoms with van der Waals surface area (Å²) in [5, 5.41) is 3.29. The van der Waals surface area contributed by atoms with Crippen LogP contribution in [0.5, 0.6) is 0 Å². The van der Waals surface area contributed by atoms with Crippen molar-refractivity contribution in [2.24, 2.45) is 5.41 Å². The van der Waals surface area contributed by atoms with E-state index < -0.39 is 0 Å². The van der Waals surface area contributed by atoms with Crippen molar-refractivity contribution in [2.45, 2.75) is 52.6 Å². The van der Waals surface area contributed by atoms with Gasteiger partial charge in [-0.3, -0.25) is 4.79 Å². The van der Waals surface area contributed by atoms with E-state index in [9.17, 15) is 4.79 Å². The summed E-state index contributed by atoms with van der Waals surface area (Å²) in [5.74, 6) is 0.216. The summed E-state index contributed by atoms with van der Waals surface area (Å²) in [6.07, 6.45) is 2.36. The van der Waals surface area contributed by atoms with Crippen LogP contribution in [0.25, 0.3) is 0 Å². The number of carbonyl (C=O) groups is 1. The highest BCUT2D eigenvalue weighted by Gasteiger charge is 2.29. The topological polar surface area (TPSA) is 32.3 Å². The fraction of sp³-hybridized carbons (Fsp3) is 0.917. The van der Waals surface area contributed by atoms with Gasteiger partial charge in [-0.25, -0.2) is 0 Å². The lowest BCUT2D eigenvalue weighted by atomic mass is 9.88. The fourth-order valence-electron chi connectivity index (χ4n) is 1.34. The molecule has 3 nitrogen and oxygen atoms in total. The summed E-state index contributed by atoms with van der Waals surface area (Å²) in [7, 11) is 1.91. The number of carbonyl (C=O) groups excluding carboxylic acids is 1. The molecule has 0 heterocycles. The average Bonchev–Trinajstić information content (AvgIpc) is 2.93. The van der Waals surface area contributed by atoms with E-state index in [1.807, 2.05) is 11.9 Å². The molecule has 1 saturated carbocycles. The van der Waals surface area contributed by atoms with Gasteiger partial charge in [-0.15, -0.1) is 0 Å². The van der Waals surface area contributed by atoms with Crippen molar-refractivity contribution in [3.05, 3.63) is 0 Å². The van der Waals surface area contributed by atoms with Crippen LogP contribution < -0.4 is 5.32 Å². The molecule has 0 aromatic rings. The number of amides is 1. The zero-order valence-electron chi connectivity index (χ0n) is 10.6. The number of hydrogen-bond donors (Lipinski definition) is 1. The minimum atomic E-state index is 0.207. The van der Waals surface area contributed by atoms with E-state index in [2.05, 4.69) is 33.0 Å². The van der Waals surface area contributed by atoms with Crippen LogP contribution in [-0.2, 0) is 4.79 Å². The van der Waals surface area contributed by atoms with Gasteiger partial charge in [-0.1, -0.05) is 20.8 Å². The first-order chi connectivity index (χ1) is 6.82. The van der Waals surface area contributed by atoms with Crippen LogP contribution in [0.3, 0.4) is 0 Å². The van der Waals surface area contributed by atoms with Gasteiger partial charge < -0.3 is 10.2 Å². The monoisotopic (exact) mass is 212 g/mol. The molecule has 1 rings (SSSR count). The van der Waals surface area contributed by atoms with Gasteiger partial charge in [-0.2, -0.15) is 0 Å². The molecule has 0 aliphatic heterocycles. The molecule has 1 fully saturated rings. The molecule has 1 unspecified atom stereocenters. The first-order valence-corrected chi connectivity index (χ1v) is 5.81. The van der Waals surface area contributed by atoms with Crippen molar-refractivity contribution in [3.8, 4) is 0 Å². The van der Waals surface area contributed by atoms with Crippen LogP contribution in [0.15, 0.2) is 0 Å². The standard InChI is InChI=1S/C12H24N2O/c1-9(12(2,3)4)13-8-11(15)14(5)10-6-7-10/h9-10,13H,6-8H2,1-5H3. The maximum Gasteiger partial charge on any atom is 0.236 e. The van der Waals surface area contributed by atoms with Gasteiger partial charge in [0.05, 0.1) is 6.54 Å². The zero-order valence-corrected chi connectivity index (χ0v) is 10.6. The summed E-state index contributed by atoms with van der Waals surface area (Å²) in [6.45, 7) is 9.13. The Bertz CT molecular complexity index is 228. The van der Waals surface area contributed by atoms with Crippen LogP contribution in [0.2, 0.25) is 0 Å². The van der Waals surface area contributed by atoms with Crippen LogP contribution in [-0.4, -0.2) is 36.5 Å². The fourth-order valence-corrected chi connectivity index (χ4v) is 1.34. The molecule has 1 aliphatic rings. The van der Waals surface area contributed by atoms with E-state index in [1.165, 1.54) is 12.8 Å². The van der Waals surface area contributed by atoms with Gasteiger partial charge in [-0.05, 0) is 25.2 Å². The van der Waals surface area contributed by atoms with Gasteiger partial charge in [0.25, 0.3) is 0 Å². The van der Waals surface area contributed by atoms with E-state index in [-0.39, 0.29) is 11.3 Å². The van der Waals surface area contributed by atoms with Gasteiger partial charge in [0, 0.05) is 19.1 Å². The van der Waals surface area contributed by atoms with Crippen molar-refractivity contribution in [3.63, 3.8) is 0 Å². The molecule has 3 heteroatoms. The summed E-state index contributed by atoms with van der Waals surface area (Å²) >= 11 is 0. The van der Waals surface area contributed by atoms with Crippen molar-refractivity contribution < 1.29 is 4.79 Å². The SMILES string of the molecule is CC(NCC(=O)N(C)C1CC1)C(C)(C)C. The summed E-state index contributed by atoms with van der Waals surface area (Å²) in [5.41, 5.74) is 0.207. The second-order valence-corrected chi connectivity index (χ2v) is 5.70. The molecule has 0 spiro atoms. The lowest BCUT2D eigenvalue weighted by molar-refractivity contribution is -0.129. The molecule has 1 aliphatic carbocycles. The molecule has 15 heavy (non-hydrogen) atoms. The number of rotatable bonds is 4. The summed E-state index contributed by atoms with van der Waals surface area (Å²) in [4.78, 5) is 13.6. The second-order valence-electron chi connectivity index (χ2n) is 5.70. The van der Waals surface area contributed by atoms with E-state index >= 15 is 0 Å². The molecule has 0 aromatic carbocycles. The predicted octanol–water partition coefficient (Wildman–Crippen LogP) is 1.63. The maximum atomic E-state index is 11.7. The second kappa shape index (κ2) is 4.52. The van der Waals surface area contributed by atoms with Crippen molar-refractivity contribution in [2.75, 3.05) is 13.6 Å². The zero-order chi connectivity index (χ0) is 11.6. The Morgan fingerprint density at radius 2 is 2.00 bits per heavy atom. The molecule has 1 amide bonds. The smallest absolute Gasteiger partial charge is 0.236 e. The normalized spacial score (nSPS) is 18.7. The van der Waals surface area contributed by atoms with Crippen LogP contribution in [0, 0.1) is 5.41 Å². The Morgan fingerprint density at radius 1 is 1.47 bits per heavy atom. The molecule has 1 atom stereocenters. The molecule has 0 radical (unpaired) electrons. The number of nitrogens with one attached hydrogen (secondary N) is 1. The Balaban J connectivity index is 2.27. The molecule has 88 valence electrons. The maximum absolute atomic E-state index is 11.7. The predicted molar refractivity (Wildman–Crippen MR) is 62.7 cm³/mol. The van der Waals surface area contributed by atoms with Gasteiger partial charge in [0.1, 0.15) is 0 Å². The van der Waals surface area contributed by atoms with Crippen LogP contribution >= 0.6 is 0 Å². The summed E-state index contributed by atoms with van der Waals surface area (Å²) < 4.78 is 0. The highest BCUT2D eigenvalue weighted by atomic mass is 16.2. The van der Waals surface area contributed by atoms with Gasteiger partial charge >= 0.3 is 0 Å². The van der Waals surface area contributed by atoms with E-state index in [1.54, 1.807) is 0 Å². The highest BCUT2D eigenvalue weighted by molar-refractivity contribution is 5.78. The largest absolute Gasteiger partial charge is 0.342 e. The van der Waals surface area contributed by atoms with Gasteiger partial charge in [0.15, 0.2) is 0 Å². The lowest BCUT2D eigenvalue weighted by Crippen LogP contribution is -2.44. The van der Waals surface area contributed by atoms with Crippen molar-refractivity contribution in [1.29, 1.82) is 0 Å². The number of likely N-dealkylation sites (N-methyl/N-ethyl adjacent to an activating group) is 1. The third-order valence-corrected chi connectivity index (χ3v) is 3.35.